The Kier molecular flexibility index (Phi) is 4.32. The number of nitrogens with zero attached hydrogens (tertiary/aromatic N) is 2. The van der Waals surface area contributed by atoms with Crippen LogP contribution in [0.5, 0.6) is 11.5 Å². The van der Waals surface area contributed by atoms with Gasteiger partial charge in [-0.05, 0) is 37.8 Å². The summed E-state index contributed by atoms with van der Waals surface area (Å²) in [6, 6.07) is 5.75. The summed E-state index contributed by atoms with van der Waals surface area (Å²) in [6.07, 6.45) is 4.14. The SMILES string of the molecule is O=C(C1CC1)N(Cc1cc2cc3c(cc2nc1Cl)OCO3)CC1CCCO1. The molecule has 0 radical (unpaired) electrons. The van der Waals surface area contributed by atoms with Gasteiger partial charge in [0.2, 0.25) is 12.7 Å². The van der Waals surface area contributed by atoms with E-state index in [1.54, 1.807) is 0 Å². The average molecular weight is 389 g/mol. The molecule has 0 bridgehead atoms. The molecule has 3 heterocycles. The van der Waals surface area contributed by atoms with E-state index in [0.717, 1.165) is 48.8 Å². The van der Waals surface area contributed by atoms with Gasteiger partial charge in [0.15, 0.2) is 11.5 Å². The predicted molar refractivity (Wildman–Crippen MR) is 100.0 cm³/mol. The second-order valence-corrected chi connectivity index (χ2v) is 7.82. The number of ether oxygens (including phenoxy) is 3. The Morgan fingerprint density at radius 3 is 2.74 bits per heavy atom. The number of hydrogen-bond donors (Lipinski definition) is 0. The number of carbonyl (C=O) groups excluding carboxylic acids is 1. The number of halogens is 1. The van der Waals surface area contributed by atoms with Crippen LogP contribution in [0.1, 0.15) is 31.2 Å². The Bertz CT molecular complexity index is 893. The van der Waals surface area contributed by atoms with E-state index in [9.17, 15) is 4.79 Å². The van der Waals surface area contributed by atoms with Crippen LogP contribution in [0.25, 0.3) is 10.9 Å². The molecule has 0 N–H and O–H groups in total. The maximum Gasteiger partial charge on any atom is 0.231 e. The van der Waals surface area contributed by atoms with E-state index in [-0.39, 0.29) is 24.7 Å². The van der Waals surface area contributed by atoms with Gasteiger partial charge in [0.05, 0.1) is 11.6 Å². The van der Waals surface area contributed by atoms with Crippen molar-refractivity contribution < 1.29 is 19.0 Å². The highest BCUT2D eigenvalue weighted by Crippen LogP contribution is 2.37. The molecule has 5 rings (SSSR count). The minimum Gasteiger partial charge on any atom is -0.454 e. The summed E-state index contributed by atoms with van der Waals surface area (Å²) in [6.45, 7) is 2.06. The second kappa shape index (κ2) is 6.84. The van der Waals surface area contributed by atoms with Crippen LogP contribution in [0.3, 0.4) is 0 Å². The van der Waals surface area contributed by atoms with Crippen molar-refractivity contribution in [1.29, 1.82) is 0 Å². The van der Waals surface area contributed by atoms with Gasteiger partial charge in [-0.3, -0.25) is 4.79 Å². The highest BCUT2D eigenvalue weighted by Gasteiger charge is 2.35. The molecule has 7 heteroatoms. The molecule has 1 atom stereocenters. The van der Waals surface area contributed by atoms with E-state index in [0.29, 0.717) is 29.7 Å². The molecular formula is C20H21ClN2O4. The van der Waals surface area contributed by atoms with Gasteiger partial charge in [-0.15, -0.1) is 0 Å². The van der Waals surface area contributed by atoms with Gasteiger partial charge in [-0.2, -0.15) is 0 Å². The van der Waals surface area contributed by atoms with Crippen LogP contribution in [-0.2, 0) is 16.1 Å². The van der Waals surface area contributed by atoms with Crippen LogP contribution in [-0.4, -0.2) is 41.8 Å². The van der Waals surface area contributed by atoms with E-state index >= 15 is 0 Å². The number of benzene rings is 1. The quantitative estimate of drug-likeness (QED) is 0.733. The molecule has 2 aromatic rings. The Balaban J connectivity index is 1.44. The molecule has 1 amide bonds. The fraction of sp³-hybridized carbons (Fsp3) is 0.500. The zero-order chi connectivity index (χ0) is 18.4. The molecule has 1 unspecified atom stereocenters. The van der Waals surface area contributed by atoms with Gasteiger partial charge in [0.25, 0.3) is 0 Å². The first-order chi connectivity index (χ1) is 13.2. The third-order valence-corrected chi connectivity index (χ3v) is 5.71. The van der Waals surface area contributed by atoms with E-state index < -0.39 is 0 Å². The second-order valence-electron chi connectivity index (χ2n) is 7.46. The molecule has 2 aliphatic heterocycles. The van der Waals surface area contributed by atoms with Crippen molar-refractivity contribution >= 4 is 28.4 Å². The standard InChI is InChI=1S/C20H21ClN2O4/c21-19-14(6-13-7-17-18(27-11-26-17)8-16(13)22-19)9-23(20(24)12-3-4-12)10-15-2-1-5-25-15/h6-8,12,15H,1-5,9-11H2. The maximum absolute atomic E-state index is 12.8. The minimum absolute atomic E-state index is 0.119. The Morgan fingerprint density at radius 2 is 2.00 bits per heavy atom. The normalized spacial score (nSPS) is 21.0. The van der Waals surface area contributed by atoms with Gasteiger partial charge >= 0.3 is 0 Å². The van der Waals surface area contributed by atoms with E-state index in [1.807, 2.05) is 23.1 Å². The lowest BCUT2D eigenvalue weighted by atomic mass is 10.1. The number of pyridine rings is 1. The average Bonchev–Trinajstić information content (AvgIpc) is 3.19. The molecule has 1 aromatic heterocycles. The number of carbonyl (C=O) groups is 1. The highest BCUT2D eigenvalue weighted by atomic mass is 35.5. The summed E-state index contributed by atoms with van der Waals surface area (Å²) in [5.41, 5.74) is 1.60. The lowest BCUT2D eigenvalue weighted by molar-refractivity contribution is -0.134. The van der Waals surface area contributed by atoms with Gasteiger partial charge in [0, 0.05) is 42.6 Å². The summed E-state index contributed by atoms with van der Waals surface area (Å²) >= 11 is 6.46. The highest BCUT2D eigenvalue weighted by molar-refractivity contribution is 6.30. The summed E-state index contributed by atoms with van der Waals surface area (Å²) in [7, 11) is 0. The topological polar surface area (TPSA) is 60.9 Å². The lowest BCUT2D eigenvalue weighted by Gasteiger charge is -2.26. The molecule has 1 aliphatic carbocycles. The van der Waals surface area contributed by atoms with Crippen molar-refractivity contribution in [2.75, 3.05) is 19.9 Å². The third-order valence-electron chi connectivity index (χ3n) is 5.38. The molecule has 0 spiro atoms. The van der Waals surface area contributed by atoms with Crippen LogP contribution < -0.4 is 9.47 Å². The van der Waals surface area contributed by atoms with Gasteiger partial charge in [-0.1, -0.05) is 11.6 Å². The van der Waals surface area contributed by atoms with Crippen molar-refractivity contribution in [3.63, 3.8) is 0 Å². The number of amides is 1. The van der Waals surface area contributed by atoms with Gasteiger partial charge in [-0.25, -0.2) is 4.98 Å². The number of rotatable bonds is 5. The molecule has 142 valence electrons. The smallest absolute Gasteiger partial charge is 0.231 e. The van der Waals surface area contributed by atoms with Gasteiger partial charge < -0.3 is 19.1 Å². The van der Waals surface area contributed by atoms with Crippen LogP contribution in [0, 0.1) is 5.92 Å². The van der Waals surface area contributed by atoms with Crippen molar-refractivity contribution in [2.24, 2.45) is 5.92 Å². The largest absolute Gasteiger partial charge is 0.454 e. The van der Waals surface area contributed by atoms with E-state index in [2.05, 4.69) is 4.98 Å². The Labute approximate surface area is 162 Å². The Morgan fingerprint density at radius 1 is 1.19 bits per heavy atom. The number of fused-ring (bicyclic) bond motifs is 2. The fourth-order valence-electron chi connectivity index (χ4n) is 3.76. The summed E-state index contributed by atoms with van der Waals surface area (Å²) < 4.78 is 16.6. The Hall–Kier alpha value is -2.05. The molecule has 6 nitrogen and oxygen atoms in total. The van der Waals surface area contributed by atoms with Gasteiger partial charge in [0.1, 0.15) is 5.15 Å². The zero-order valence-corrected chi connectivity index (χ0v) is 15.7. The van der Waals surface area contributed by atoms with Crippen LogP contribution >= 0.6 is 11.6 Å². The van der Waals surface area contributed by atoms with E-state index in [4.69, 9.17) is 25.8 Å². The number of aromatic nitrogens is 1. The zero-order valence-electron chi connectivity index (χ0n) is 14.9. The van der Waals surface area contributed by atoms with Crippen LogP contribution in [0.4, 0.5) is 0 Å². The summed E-state index contributed by atoms with van der Waals surface area (Å²) in [5.74, 6) is 1.75. The van der Waals surface area contributed by atoms with Crippen molar-refractivity contribution in [1.82, 2.24) is 9.88 Å². The minimum atomic E-state index is 0.119. The van der Waals surface area contributed by atoms with Crippen LogP contribution in [0.15, 0.2) is 18.2 Å². The van der Waals surface area contributed by atoms with Crippen LogP contribution in [0.2, 0.25) is 5.15 Å². The third kappa shape index (κ3) is 3.44. The first-order valence-corrected chi connectivity index (χ1v) is 9.84. The fourth-order valence-corrected chi connectivity index (χ4v) is 3.96. The van der Waals surface area contributed by atoms with Crippen molar-refractivity contribution in [3.8, 4) is 11.5 Å². The molecule has 1 saturated carbocycles. The van der Waals surface area contributed by atoms with Crippen molar-refractivity contribution in [3.05, 3.63) is 28.9 Å². The molecule has 27 heavy (non-hydrogen) atoms. The predicted octanol–water partition coefficient (Wildman–Crippen LogP) is 3.53. The molecule has 3 aliphatic rings. The summed E-state index contributed by atoms with van der Waals surface area (Å²) in [4.78, 5) is 19.2. The molecule has 1 saturated heterocycles. The summed E-state index contributed by atoms with van der Waals surface area (Å²) in [5, 5.41) is 1.34. The molecule has 1 aromatic carbocycles. The maximum atomic E-state index is 12.8. The molecule has 2 fully saturated rings. The van der Waals surface area contributed by atoms with Crippen molar-refractivity contribution in [2.45, 2.75) is 38.3 Å². The first kappa shape index (κ1) is 17.1. The monoisotopic (exact) mass is 388 g/mol. The lowest BCUT2D eigenvalue weighted by Crippen LogP contribution is -2.38. The van der Waals surface area contributed by atoms with E-state index in [1.165, 1.54) is 0 Å². The first-order valence-electron chi connectivity index (χ1n) is 9.46. The number of hydrogen-bond acceptors (Lipinski definition) is 5. The molecular weight excluding hydrogens is 368 g/mol.